The fourth-order valence-corrected chi connectivity index (χ4v) is 3.50. The van der Waals surface area contributed by atoms with Gasteiger partial charge in [0.05, 0.1) is 34.2 Å². The molecule has 0 radical (unpaired) electrons. The highest BCUT2D eigenvalue weighted by atomic mass is 32.2. The average Bonchev–Trinajstić information content (AvgIpc) is 3.33. The molecule has 0 atom stereocenters. The van der Waals surface area contributed by atoms with Gasteiger partial charge in [0, 0.05) is 24.4 Å². The maximum Gasteiger partial charge on any atom is 0.238 e. The Kier molecular flexibility index (Phi) is 4.95. The number of hydrogen-bond acceptors (Lipinski definition) is 4. The van der Waals surface area contributed by atoms with Crippen LogP contribution in [0, 0.1) is 17.7 Å². The average molecular weight is 421 g/mol. The molecule has 0 aliphatic heterocycles. The van der Waals surface area contributed by atoms with Crippen LogP contribution in [-0.2, 0) is 17.1 Å². The molecule has 0 unspecified atom stereocenters. The van der Waals surface area contributed by atoms with Gasteiger partial charge in [-0.05, 0) is 42.5 Å². The standard InChI is InChI=1S/C21H16FN5O2S/c1-26-21(17-13-25-27(14-17)19-9-7-18(22)8-10-19)16(12-24-26)6-5-15-3-2-4-20(11-15)30(23,28)29/h2-4,7-14H,1H3,(H2,23,28,29). The van der Waals surface area contributed by atoms with Crippen molar-refractivity contribution in [1.29, 1.82) is 0 Å². The molecule has 0 amide bonds. The highest BCUT2D eigenvalue weighted by Gasteiger charge is 2.13. The summed E-state index contributed by atoms with van der Waals surface area (Å²) in [5.41, 5.74) is 3.41. The minimum Gasteiger partial charge on any atom is -0.267 e. The van der Waals surface area contributed by atoms with Crippen LogP contribution in [0.25, 0.3) is 16.9 Å². The molecule has 4 aromatic rings. The summed E-state index contributed by atoms with van der Waals surface area (Å²) in [5.74, 6) is 5.66. The lowest BCUT2D eigenvalue weighted by Gasteiger charge is -2.01. The molecule has 4 rings (SSSR count). The Hall–Kier alpha value is -3.74. The summed E-state index contributed by atoms with van der Waals surface area (Å²) >= 11 is 0. The Bertz CT molecular complexity index is 1390. The van der Waals surface area contributed by atoms with Crippen molar-refractivity contribution in [2.75, 3.05) is 0 Å². The van der Waals surface area contributed by atoms with E-state index in [9.17, 15) is 12.8 Å². The van der Waals surface area contributed by atoms with E-state index in [1.165, 1.54) is 24.3 Å². The van der Waals surface area contributed by atoms with Gasteiger partial charge >= 0.3 is 0 Å². The predicted molar refractivity (Wildman–Crippen MR) is 110 cm³/mol. The van der Waals surface area contributed by atoms with Crippen molar-refractivity contribution in [3.8, 4) is 28.8 Å². The molecule has 9 heteroatoms. The number of benzene rings is 2. The van der Waals surface area contributed by atoms with Crippen LogP contribution in [0.2, 0.25) is 0 Å². The first-order valence-electron chi connectivity index (χ1n) is 8.79. The highest BCUT2D eigenvalue weighted by molar-refractivity contribution is 7.89. The van der Waals surface area contributed by atoms with E-state index in [0.717, 1.165) is 16.9 Å². The Balaban J connectivity index is 1.69. The third-order valence-corrected chi connectivity index (χ3v) is 5.30. The summed E-state index contributed by atoms with van der Waals surface area (Å²) in [6, 6.07) is 12.1. The maximum absolute atomic E-state index is 13.2. The zero-order valence-electron chi connectivity index (χ0n) is 15.8. The number of sulfonamides is 1. The van der Waals surface area contributed by atoms with Crippen molar-refractivity contribution < 1.29 is 12.8 Å². The number of nitrogens with zero attached hydrogens (tertiary/aromatic N) is 4. The van der Waals surface area contributed by atoms with Crippen LogP contribution < -0.4 is 5.14 Å². The normalized spacial score (nSPS) is 11.2. The minimum atomic E-state index is -3.80. The Morgan fingerprint density at radius 2 is 1.80 bits per heavy atom. The molecule has 30 heavy (non-hydrogen) atoms. The van der Waals surface area contributed by atoms with Crippen molar-refractivity contribution in [1.82, 2.24) is 19.6 Å². The summed E-state index contributed by atoms with van der Waals surface area (Å²) in [6.45, 7) is 0. The van der Waals surface area contributed by atoms with Crippen molar-refractivity contribution in [2.24, 2.45) is 12.2 Å². The summed E-state index contributed by atoms with van der Waals surface area (Å²) < 4.78 is 39.5. The van der Waals surface area contributed by atoms with Crippen LogP contribution in [0.15, 0.2) is 72.0 Å². The zero-order chi connectivity index (χ0) is 21.3. The van der Waals surface area contributed by atoms with Crippen molar-refractivity contribution >= 4 is 10.0 Å². The van der Waals surface area contributed by atoms with E-state index in [0.29, 0.717) is 11.1 Å². The van der Waals surface area contributed by atoms with Gasteiger partial charge in [0.1, 0.15) is 5.82 Å². The SMILES string of the molecule is Cn1ncc(C#Cc2cccc(S(N)(=O)=O)c2)c1-c1cnn(-c2ccc(F)cc2)c1. The van der Waals surface area contributed by atoms with E-state index in [1.807, 2.05) is 0 Å². The summed E-state index contributed by atoms with van der Waals surface area (Å²) in [5, 5.41) is 13.8. The van der Waals surface area contributed by atoms with Gasteiger partial charge in [-0.3, -0.25) is 4.68 Å². The lowest BCUT2D eigenvalue weighted by atomic mass is 10.1. The number of aromatic nitrogens is 4. The third-order valence-electron chi connectivity index (χ3n) is 4.39. The maximum atomic E-state index is 13.2. The van der Waals surface area contributed by atoms with Crippen LogP contribution in [-0.4, -0.2) is 28.0 Å². The van der Waals surface area contributed by atoms with E-state index in [-0.39, 0.29) is 10.7 Å². The number of halogens is 1. The smallest absolute Gasteiger partial charge is 0.238 e. The third kappa shape index (κ3) is 4.00. The van der Waals surface area contributed by atoms with Crippen LogP contribution in [0.5, 0.6) is 0 Å². The van der Waals surface area contributed by atoms with Gasteiger partial charge < -0.3 is 0 Å². The molecular formula is C21H16FN5O2S. The second-order valence-corrected chi connectivity index (χ2v) is 8.06. The van der Waals surface area contributed by atoms with Gasteiger partial charge in [-0.2, -0.15) is 10.2 Å². The molecule has 0 saturated carbocycles. The minimum absolute atomic E-state index is 0.00119. The molecular weight excluding hydrogens is 405 g/mol. The second kappa shape index (κ2) is 7.59. The lowest BCUT2D eigenvalue weighted by molar-refractivity contribution is 0.597. The molecule has 2 aromatic carbocycles. The first-order chi connectivity index (χ1) is 14.3. The topological polar surface area (TPSA) is 95.8 Å². The summed E-state index contributed by atoms with van der Waals surface area (Å²) in [7, 11) is -2.01. The quantitative estimate of drug-likeness (QED) is 0.514. The largest absolute Gasteiger partial charge is 0.267 e. The van der Waals surface area contributed by atoms with E-state index >= 15 is 0 Å². The fourth-order valence-electron chi connectivity index (χ4n) is 2.94. The molecule has 7 nitrogen and oxygen atoms in total. The molecule has 2 aromatic heterocycles. The van der Waals surface area contributed by atoms with E-state index in [2.05, 4.69) is 22.0 Å². The Labute approximate surface area is 172 Å². The molecule has 0 aliphatic rings. The molecule has 2 heterocycles. The van der Waals surface area contributed by atoms with Crippen LogP contribution in [0.1, 0.15) is 11.1 Å². The fraction of sp³-hybridized carbons (Fsp3) is 0.0476. The highest BCUT2D eigenvalue weighted by Crippen LogP contribution is 2.23. The molecule has 2 N–H and O–H groups in total. The second-order valence-electron chi connectivity index (χ2n) is 6.50. The molecule has 0 spiro atoms. The van der Waals surface area contributed by atoms with Crippen LogP contribution in [0.4, 0.5) is 4.39 Å². The number of rotatable bonds is 3. The van der Waals surface area contributed by atoms with Gasteiger partial charge in [0.15, 0.2) is 0 Å². The lowest BCUT2D eigenvalue weighted by Crippen LogP contribution is -2.11. The Morgan fingerprint density at radius 1 is 1.03 bits per heavy atom. The van der Waals surface area contributed by atoms with Gasteiger partial charge in [0.25, 0.3) is 0 Å². The summed E-state index contributed by atoms with van der Waals surface area (Å²) in [6.07, 6.45) is 5.10. The molecule has 0 fully saturated rings. The Morgan fingerprint density at radius 3 is 2.53 bits per heavy atom. The first-order valence-corrected chi connectivity index (χ1v) is 10.3. The van der Waals surface area contributed by atoms with E-state index < -0.39 is 10.0 Å². The number of primary sulfonamides is 1. The van der Waals surface area contributed by atoms with Crippen LogP contribution >= 0.6 is 0 Å². The van der Waals surface area contributed by atoms with E-state index in [1.54, 1.807) is 59.3 Å². The van der Waals surface area contributed by atoms with Gasteiger partial charge in [0.2, 0.25) is 10.0 Å². The van der Waals surface area contributed by atoms with Gasteiger partial charge in [-0.25, -0.2) is 22.6 Å². The molecule has 0 saturated heterocycles. The van der Waals surface area contributed by atoms with Crippen LogP contribution in [0.3, 0.4) is 0 Å². The molecule has 0 bridgehead atoms. The number of hydrogen-bond donors (Lipinski definition) is 1. The van der Waals surface area contributed by atoms with Gasteiger partial charge in [-0.15, -0.1) is 0 Å². The number of nitrogens with two attached hydrogens (primary N) is 1. The predicted octanol–water partition coefficient (Wildman–Crippen LogP) is 2.46. The van der Waals surface area contributed by atoms with Crippen molar-refractivity contribution in [3.05, 3.63) is 84.1 Å². The molecule has 0 aliphatic carbocycles. The molecule has 150 valence electrons. The van der Waals surface area contributed by atoms with Crippen molar-refractivity contribution in [3.63, 3.8) is 0 Å². The van der Waals surface area contributed by atoms with Crippen molar-refractivity contribution in [2.45, 2.75) is 4.90 Å². The zero-order valence-corrected chi connectivity index (χ0v) is 16.6. The van der Waals surface area contributed by atoms with E-state index in [4.69, 9.17) is 5.14 Å². The van der Waals surface area contributed by atoms with Gasteiger partial charge in [-0.1, -0.05) is 17.9 Å². The first kappa shape index (κ1) is 19.6. The summed E-state index contributed by atoms with van der Waals surface area (Å²) in [4.78, 5) is 0.00119. The monoisotopic (exact) mass is 421 g/mol. The number of aryl methyl sites for hydroxylation is 1.